The second-order valence-electron chi connectivity index (χ2n) is 6.63. The molecule has 0 saturated carbocycles. The number of pyridine rings is 1. The Morgan fingerprint density at radius 3 is 3.00 bits per heavy atom. The third-order valence-electron chi connectivity index (χ3n) is 4.69. The fourth-order valence-electron chi connectivity index (χ4n) is 3.22. The largest absolute Gasteiger partial charge is 0.450 e. The molecule has 0 bridgehead atoms. The zero-order valence-corrected chi connectivity index (χ0v) is 16.7. The number of rotatable bonds is 5. The van der Waals surface area contributed by atoms with Crippen molar-refractivity contribution in [2.75, 3.05) is 18.5 Å². The van der Waals surface area contributed by atoms with Crippen LogP contribution in [0.2, 0.25) is 0 Å². The summed E-state index contributed by atoms with van der Waals surface area (Å²) in [5, 5.41) is 13.0. The lowest BCUT2D eigenvalue weighted by atomic mass is 9.99. The molecule has 28 heavy (non-hydrogen) atoms. The normalized spacial score (nSPS) is 14.0. The van der Waals surface area contributed by atoms with E-state index in [-0.39, 0.29) is 17.9 Å². The van der Waals surface area contributed by atoms with E-state index in [4.69, 9.17) is 4.74 Å². The summed E-state index contributed by atoms with van der Waals surface area (Å²) in [5.41, 5.74) is 2.42. The highest BCUT2D eigenvalue weighted by Gasteiger charge is 2.28. The van der Waals surface area contributed by atoms with Gasteiger partial charge in [0.1, 0.15) is 11.1 Å². The van der Waals surface area contributed by atoms with Crippen molar-refractivity contribution in [1.82, 2.24) is 9.88 Å². The van der Waals surface area contributed by atoms with Crippen molar-refractivity contribution in [2.24, 2.45) is 0 Å². The van der Waals surface area contributed by atoms with E-state index in [2.05, 4.69) is 16.4 Å². The van der Waals surface area contributed by atoms with Gasteiger partial charge in [0.25, 0.3) is 0 Å². The van der Waals surface area contributed by atoms with E-state index in [1.165, 1.54) is 11.3 Å². The van der Waals surface area contributed by atoms with Crippen LogP contribution in [0.1, 0.15) is 47.8 Å². The lowest BCUT2D eigenvalue weighted by Gasteiger charge is -2.25. The molecular weight excluding hydrogens is 376 g/mol. The second-order valence-corrected chi connectivity index (χ2v) is 7.74. The molecule has 0 radical (unpaired) electrons. The summed E-state index contributed by atoms with van der Waals surface area (Å²) in [6.07, 6.45) is 3.98. The van der Waals surface area contributed by atoms with Crippen molar-refractivity contribution in [3.8, 4) is 6.07 Å². The van der Waals surface area contributed by atoms with Gasteiger partial charge in [-0.1, -0.05) is 13.0 Å². The van der Waals surface area contributed by atoms with E-state index in [1.807, 2.05) is 19.1 Å². The van der Waals surface area contributed by atoms with Crippen LogP contribution in [0, 0.1) is 11.3 Å². The maximum absolute atomic E-state index is 12.5. The Hall–Kier alpha value is -2.92. The van der Waals surface area contributed by atoms with Crippen molar-refractivity contribution >= 4 is 28.3 Å². The number of carbonyl (C=O) groups excluding carboxylic acids is 2. The zero-order chi connectivity index (χ0) is 20.1. The fourth-order valence-corrected chi connectivity index (χ4v) is 4.45. The maximum Gasteiger partial charge on any atom is 0.410 e. The molecule has 8 heteroatoms. The first-order chi connectivity index (χ1) is 13.5. The molecule has 1 aliphatic heterocycles. The van der Waals surface area contributed by atoms with Gasteiger partial charge >= 0.3 is 6.09 Å². The van der Waals surface area contributed by atoms with Gasteiger partial charge in [-0.25, -0.2) is 4.79 Å². The molecule has 1 aliphatic rings. The monoisotopic (exact) mass is 398 g/mol. The molecular formula is C20H22N4O3S. The average molecular weight is 398 g/mol. The Kier molecular flexibility index (Phi) is 6.26. The van der Waals surface area contributed by atoms with Gasteiger partial charge in [0.15, 0.2) is 0 Å². The van der Waals surface area contributed by atoms with Crippen LogP contribution in [0.4, 0.5) is 9.80 Å². The van der Waals surface area contributed by atoms with Crippen molar-refractivity contribution in [3.63, 3.8) is 0 Å². The van der Waals surface area contributed by atoms with Crippen LogP contribution in [0.3, 0.4) is 0 Å². The number of anilines is 1. The molecule has 1 atom stereocenters. The number of nitriles is 1. The smallest absolute Gasteiger partial charge is 0.410 e. The van der Waals surface area contributed by atoms with Crippen molar-refractivity contribution in [1.29, 1.82) is 5.26 Å². The number of aromatic nitrogens is 1. The molecule has 2 aromatic heterocycles. The summed E-state index contributed by atoms with van der Waals surface area (Å²) in [6, 6.07) is 6.01. The zero-order valence-electron chi connectivity index (χ0n) is 15.9. The van der Waals surface area contributed by atoms with Gasteiger partial charge in [0.05, 0.1) is 18.7 Å². The SMILES string of the molecule is CCOC(=O)N1CCc2c(sc(NC(=O)CC(C)c3cccnc3)c2C#N)C1. The number of nitrogens with one attached hydrogen (secondary N) is 1. The van der Waals surface area contributed by atoms with Gasteiger partial charge in [-0.15, -0.1) is 11.3 Å². The molecule has 2 aromatic rings. The Morgan fingerprint density at radius 1 is 1.50 bits per heavy atom. The fraction of sp³-hybridized carbons (Fsp3) is 0.400. The molecule has 0 spiro atoms. The van der Waals surface area contributed by atoms with Gasteiger partial charge in [0.2, 0.25) is 5.91 Å². The molecule has 0 aromatic carbocycles. The highest BCUT2D eigenvalue weighted by atomic mass is 32.1. The molecule has 0 fully saturated rings. The van der Waals surface area contributed by atoms with E-state index in [0.29, 0.717) is 43.1 Å². The van der Waals surface area contributed by atoms with Crippen LogP contribution in [0.25, 0.3) is 0 Å². The average Bonchev–Trinajstić information content (AvgIpc) is 3.04. The van der Waals surface area contributed by atoms with E-state index in [9.17, 15) is 14.9 Å². The number of hydrogen-bond donors (Lipinski definition) is 1. The van der Waals surface area contributed by atoms with Crippen LogP contribution in [0.5, 0.6) is 0 Å². The van der Waals surface area contributed by atoms with Crippen molar-refractivity contribution < 1.29 is 14.3 Å². The van der Waals surface area contributed by atoms with Gasteiger partial charge < -0.3 is 15.0 Å². The summed E-state index contributed by atoms with van der Waals surface area (Å²) in [7, 11) is 0. The van der Waals surface area contributed by atoms with Gasteiger partial charge in [-0.05, 0) is 36.5 Å². The second kappa shape index (κ2) is 8.85. The molecule has 1 unspecified atom stereocenters. The molecule has 2 amide bonds. The molecule has 0 aliphatic carbocycles. The van der Waals surface area contributed by atoms with E-state index >= 15 is 0 Å². The summed E-state index contributed by atoms with van der Waals surface area (Å²) in [6.45, 7) is 4.97. The standard InChI is InChI=1S/C20H22N4O3S/c1-3-27-20(26)24-8-6-15-16(10-21)19(28-17(15)12-24)23-18(25)9-13(2)14-5-4-7-22-11-14/h4-5,7,11,13H,3,6,8-9,12H2,1-2H3,(H,23,25). The lowest BCUT2D eigenvalue weighted by molar-refractivity contribution is -0.116. The Labute approximate surface area is 167 Å². The topological polar surface area (TPSA) is 95.3 Å². The quantitative estimate of drug-likeness (QED) is 0.829. The number of amides is 2. The molecule has 3 rings (SSSR count). The first-order valence-electron chi connectivity index (χ1n) is 9.19. The molecule has 1 N–H and O–H groups in total. The molecule has 7 nitrogen and oxygen atoms in total. The minimum absolute atomic E-state index is 0.0214. The number of thiophene rings is 1. The van der Waals surface area contributed by atoms with E-state index < -0.39 is 0 Å². The summed E-state index contributed by atoms with van der Waals surface area (Å²) >= 11 is 1.36. The molecule has 146 valence electrons. The number of hydrogen-bond acceptors (Lipinski definition) is 6. The molecule has 0 saturated heterocycles. The van der Waals surface area contributed by atoms with Crippen LogP contribution in [-0.4, -0.2) is 35.0 Å². The molecule has 3 heterocycles. The highest BCUT2D eigenvalue weighted by molar-refractivity contribution is 7.16. The van der Waals surface area contributed by atoms with Gasteiger partial charge in [0, 0.05) is 30.2 Å². The number of ether oxygens (including phenoxy) is 1. The number of nitrogens with zero attached hydrogens (tertiary/aromatic N) is 3. The predicted molar refractivity (Wildman–Crippen MR) is 106 cm³/mol. The lowest BCUT2D eigenvalue weighted by Crippen LogP contribution is -2.35. The van der Waals surface area contributed by atoms with Crippen LogP contribution in [0.15, 0.2) is 24.5 Å². The summed E-state index contributed by atoms with van der Waals surface area (Å²) in [5.74, 6) is -0.123. The highest BCUT2D eigenvalue weighted by Crippen LogP contribution is 2.37. The van der Waals surface area contributed by atoms with Gasteiger partial charge in [-0.2, -0.15) is 5.26 Å². The third kappa shape index (κ3) is 4.31. The van der Waals surface area contributed by atoms with Crippen molar-refractivity contribution in [3.05, 3.63) is 46.1 Å². The summed E-state index contributed by atoms with van der Waals surface area (Å²) in [4.78, 5) is 31.1. The predicted octanol–water partition coefficient (Wildman–Crippen LogP) is 3.66. The minimum atomic E-state index is -0.351. The maximum atomic E-state index is 12.5. The third-order valence-corrected chi connectivity index (χ3v) is 5.82. The number of fused-ring (bicyclic) bond motifs is 1. The first-order valence-corrected chi connectivity index (χ1v) is 10.0. The Morgan fingerprint density at radius 2 is 2.32 bits per heavy atom. The Balaban J connectivity index is 1.71. The van der Waals surface area contributed by atoms with Crippen molar-refractivity contribution in [2.45, 2.75) is 39.2 Å². The first kappa shape index (κ1) is 19.8. The van der Waals surface area contributed by atoms with Crippen LogP contribution < -0.4 is 5.32 Å². The van der Waals surface area contributed by atoms with E-state index in [1.54, 1.807) is 24.2 Å². The Bertz CT molecular complexity index is 904. The van der Waals surface area contributed by atoms with Crippen LogP contribution in [-0.2, 0) is 22.5 Å². The number of carbonyl (C=O) groups is 2. The van der Waals surface area contributed by atoms with Gasteiger partial charge in [-0.3, -0.25) is 9.78 Å². The van der Waals surface area contributed by atoms with Crippen LogP contribution >= 0.6 is 11.3 Å². The minimum Gasteiger partial charge on any atom is -0.450 e. The van der Waals surface area contributed by atoms with E-state index in [0.717, 1.165) is 16.0 Å². The summed E-state index contributed by atoms with van der Waals surface area (Å²) < 4.78 is 5.06.